The lowest BCUT2D eigenvalue weighted by molar-refractivity contribution is -0.263. The maximum absolute atomic E-state index is 14.1. The van der Waals surface area contributed by atoms with Crippen LogP contribution in [0.2, 0.25) is 0 Å². The molecule has 0 radical (unpaired) electrons. The number of hydrogen-bond acceptors (Lipinski definition) is 15. The van der Waals surface area contributed by atoms with Crippen molar-refractivity contribution in [3.05, 3.63) is 47.6 Å². The van der Waals surface area contributed by atoms with Crippen molar-refractivity contribution in [1.29, 1.82) is 0 Å². The lowest BCUT2D eigenvalue weighted by Gasteiger charge is -2.42. The minimum absolute atomic E-state index is 0.0000188. The first-order chi connectivity index (χ1) is 33.5. The van der Waals surface area contributed by atoms with Crippen LogP contribution in [-0.4, -0.2) is 152 Å². The second-order valence-electron chi connectivity index (χ2n) is 20.7. The molecular formula is C53H84N2O15S. The molecule has 6 unspecified atom stereocenters. The van der Waals surface area contributed by atoms with Crippen LogP contribution >= 0.6 is 0 Å². The van der Waals surface area contributed by atoms with Crippen LogP contribution in [0.15, 0.2) is 47.6 Å². The normalized spacial score (nSPS) is 37.3. The topological polar surface area (TPSA) is 242 Å². The molecule has 402 valence electrons. The minimum Gasteiger partial charge on any atom is -0.460 e. The van der Waals surface area contributed by atoms with Gasteiger partial charge in [0.1, 0.15) is 30.1 Å². The van der Waals surface area contributed by atoms with Crippen molar-refractivity contribution in [3.63, 3.8) is 0 Å². The number of nitrogens with one attached hydrogen (secondary N) is 1. The number of fused-ring (bicyclic) bond motifs is 2. The SMILES string of the molecule is COC1C(=O)C(C)CC\C=C/C=C\C=C(\C)[C@@H](NS(=O)(=O)CCCO)C[C@H]2CC[C@H](C)[C@](O)(O2)C(=O)C(=O)N(C)C(C)C(=O)OC([C@H](C)C[C@@H]2CC[C@@H](OC3CC3)[C@H](OC)C2)CC(=O)C(C)/C=C(/C)C1O. The van der Waals surface area contributed by atoms with Crippen molar-refractivity contribution in [2.45, 2.75) is 193 Å². The van der Waals surface area contributed by atoms with Crippen molar-refractivity contribution in [3.8, 4) is 0 Å². The van der Waals surface area contributed by atoms with E-state index in [0.717, 1.165) is 30.6 Å². The van der Waals surface area contributed by atoms with Gasteiger partial charge in [0.05, 0.1) is 30.2 Å². The number of esters is 1. The van der Waals surface area contributed by atoms with E-state index in [4.69, 9.17) is 23.7 Å². The molecule has 1 amide bonds. The zero-order valence-electron chi connectivity index (χ0n) is 43.7. The number of nitrogens with zero attached hydrogens (tertiary/aromatic N) is 1. The molecule has 2 heterocycles. The van der Waals surface area contributed by atoms with Gasteiger partial charge in [-0.25, -0.2) is 17.9 Å². The highest BCUT2D eigenvalue weighted by molar-refractivity contribution is 7.89. The number of aliphatic hydroxyl groups excluding tert-OH is 2. The Kier molecular flexibility index (Phi) is 23.5. The van der Waals surface area contributed by atoms with Gasteiger partial charge in [-0.3, -0.25) is 19.2 Å². The van der Waals surface area contributed by atoms with Gasteiger partial charge >= 0.3 is 5.97 Å². The van der Waals surface area contributed by atoms with Gasteiger partial charge in [-0.05, 0) is 115 Å². The molecule has 14 atom stereocenters. The number of likely N-dealkylation sites (N-methyl/N-ethyl adjacent to an activating group) is 1. The van der Waals surface area contributed by atoms with Gasteiger partial charge in [-0.2, -0.15) is 0 Å². The third-order valence-electron chi connectivity index (χ3n) is 15.0. The Balaban J connectivity index is 1.67. The number of carbonyl (C=O) groups is 5. The summed E-state index contributed by atoms with van der Waals surface area (Å²) in [7, 11) is 0.352. The lowest BCUT2D eigenvalue weighted by Crippen LogP contribution is -2.59. The molecule has 2 aliphatic heterocycles. The van der Waals surface area contributed by atoms with E-state index in [1.165, 1.54) is 21.1 Å². The molecule has 0 aromatic heterocycles. The molecule has 2 bridgehead atoms. The Morgan fingerprint density at radius 2 is 1.61 bits per heavy atom. The number of ketones is 3. The summed E-state index contributed by atoms with van der Waals surface area (Å²) in [6, 6.07) is -2.22. The summed E-state index contributed by atoms with van der Waals surface area (Å²) in [5.74, 6) is -9.26. The molecule has 1 saturated heterocycles. The quantitative estimate of drug-likeness (QED) is 0.111. The monoisotopic (exact) mass is 1020 g/mol. The van der Waals surface area contributed by atoms with Crippen molar-refractivity contribution >= 4 is 39.2 Å². The average molecular weight is 1020 g/mol. The number of sulfonamides is 1. The highest BCUT2D eigenvalue weighted by Crippen LogP contribution is 2.39. The third-order valence-corrected chi connectivity index (χ3v) is 16.4. The standard InChI is InChI=1S/C53H84N2O15S/c1-32-17-14-12-11-13-15-18-33(2)47(58)49(67-10)48(59)36(5)27-34(3)43(57)31-45(35(4)28-39-20-24-44(46(29-39)66-9)68-40-22-23-40)69-52(62)38(7)55(8)51(61)50(60)53(63)37(6)19-21-41(70-53)30-42(32)54-71(64,65)26-16-25-56/h11-14,17,27,33-35,37-42,44-46,48-49,54,56,59,63H,15-16,18-26,28-31H2,1-10H3/b13-11-,14-12-,32-17-,36-27-/t33?,34?,35-,37+,38?,39+,41-,42+,44-,45?,46-,48?,49?,53+/m1/s1. The molecule has 2 saturated carbocycles. The predicted molar refractivity (Wildman–Crippen MR) is 267 cm³/mol. The molecule has 3 fully saturated rings. The lowest BCUT2D eigenvalue weighted by atomic mass is 9.78. The molecule has 18 heteroatoms. The van der Waals surface area contributed by atoms with Gasteiger partial charge in [-0.15, -0.1) is 0 Å². The van der Waals surface area contributed by atoms with Crippen molar-refractivity contribution in [2.75, 3.05) is 33.6 Å². The summed E-state index contributed by atoms with van der Waals surface area (Å²) in [4.78, 5) is 70.9. The van der Waals surface area contributed by atoms with E-state index in [9.17, 15) is 47.7 Å². The Bertz CT molecular complexity index is 2050. The first-order valence-electron chi connectivity index (χ1n) is 25.6. The van der Waals surface area contributed by atoms with Crippen LogP contribution in [0.3, 0.4) is 0 Å². The van der Waals surface area contributed by atoms with Crippen LogP contribution in [0.5, 0.6) is 0 Å². The summed E-state index contributed by atoms with van der Waals surface area (Å²) in [6.07, 6.45) is 12.5. The number of cyclic esters (lactones) is 1. The Morgan fingerprint density at radius 3 is 2.25 bits per heavy atom. The Morgan fingerprint density at radius 1 is 0.901 bits per heavy atom. The molecule has 4 aliphatic rings. The van der Waals surface area contributed by atoms with Crippen LogP contribution in [0.1, 0.15) is 132 Å². The predicted octanol–water partition coefficient (Wildman–Crippen LogP) is 5.24. The summed E-state index contributed by atoms with van der Waals surface area (Å²) in [6.45, 7) is 11.3. The van der Waals surface area contributed by atoms with Crippen LogP contribution in [0.4, 0.5) is 0 Å². The van der Waals surface area contributed by atoms with E-state index < -0.39 is 87.7 Å². The number of hydrogen-bond donors (Lipinski definition) is 4. The fourth-order valence-electron chi connectivity index (χ4n) is 9.75. The smallest absolute Gasteiger partial charge is 0.328 e. The van der Waals surface area contributed by atoms with Gasteiger partial charge in [0.15, 0.2) is 5.78 Å². The number of aliphatic hydroxyl groups is 3. The summed E-state index contributed by atoms with van der Waals surface area (Å²) in [5.41, 5.74) is 0.934. The van der Waals surface area contributed by atoms with Gasteiger partial charge in [0, 0.05) is 58.1 Å². The summed E-state index contributed by atoms with van der Waals surface area (Å²) < 4.78 is 58.8. The zero-order chi connectivity index (χ0) is 52.8. The van der Waals surface area contributed by atoms with Crippen LogP contribution in [0, 0.1) is 29.6 Å². The molecule has 71 heavy (non-hydrogen) atoms. The van der Waals surface area contributed by atoms with Crippen LogP contribution < -0.4 is 4.72 Å². The van der Waals surface area contributed by atoms with Crippen LogP contribution in [0.25, 0.3) is 0 Å². The molecule has 4 N–H and O–H groups in total. The van der Waals surface area contributed by atoms with E-state index in [2.05, 4.69) is 4.72 Å². The molecule has 0 aromatic rings. The first-order valence-corrected chi connectivity index (χ1v) is 27.3. The van der Waals surface area contributed by atoms with E-state index >= 15 is 0 Å². The molecule has 17 nitrogen and oxygen atoms in total. The van der Waals surface area contributed by atoms with E-state index in [1.54, 1.807) is 72.1 Å². The fraction of sp³-hybridized carbons (Fsp3) is 0.755. The van der Waals surface area contributed by atoms with E-state index in [0.29, 0.717) is 43.3 Å². The first kappa shape index (κ1) is 60.1. The van der Waals surface area contributed by atoms with Gasteiger partial charge in [0.2, 0.25) is 15.8 Å². The number of amides is 1. The molecule has 4 rings (SSSR count). The average Bonchev–Trinajstić information content (AvgIpc) is 4.16. The minimum atomic E-state index is -3.91. The van der Waals surface area contributed by atoms with Gasteiger partial charge in [-0.1, -0.05) is 69.7 Å². The number of Topliss-reactive ketones (excluding diaryl/α,β-unsaturated/α-hetero) is 3. The number of methoxy groups -OCH3 is 2. The Labute approximate surface area is 422 Å². The maximum Gasteiger partial charge on any atom is 0.328 e. The van der Waals surface area contributed by atoms with Crippen molar-refractivity contribution in [2.24, 2.45) is 29.6 Å². The largest absolute Gasteiger partial charge is 0.460 e. The second kappa shape index (κ2) is 27.7. The van der Waals surface area contributed by atoms with E-state index in [-0.39, 0.29) is 79.8 Å². The second-order valence-corrected chi connectivity index (χ2v) is 22.6. The number of allylic oxidation sites excluding steroid dienone is 6. The highest BCUT2D eigenvalue weighted by atomic mass is 32.2. The fourth-order valence-corrected chi connectivity index (χ4v) is 11.1. The number of ether oxygens (including phenoxy) is 5. The summed E-state index contributed by atoms with van der Waals surface area (Å²) in [5, 5.41) is 32.7. The zero-order valence-corrected chi connectivity index (χ0v) is 44.6. The number of rotatable bonds is 12. The van der Waals surface area contributed by atoms with Crippen LogP contribution in [-0.2, 0) is 57.7 Å². The Hall–Kier alpha value is -3.46. The number of carbonyl (C=O) groups excluding carboxylic acids is 5. The van der Waals surface area contributed by atoms with Gasteiger partial charge < -0.3 is 43.9 Å². The third kappa shape index (κ3) is 17.3. The molecular weight excluding hydrogens is 937 g/mol. The van der Waals surface area contributed by atoms with Gasteiger partial charge in [0.25, 0.3) is 11.7 Å². The summed E-state index contributed by atoms with van der Waals surface area (Å²) >= 11 is 0. The molecule has 2 aliphatic carbocycles. The highest BCUT2D eigenvalue weighted by Gasteiger charge is 2.52. The molecule has 0 spiro atoms. The maximum atomic E-state index is 14.1. The van der Waals surface area contributed by atoms with Crippen molar-refractivity contribution in [1.82, 2.24) is 9.62 Å². The van der Waals surface area contributed by atoms with E-state index in [1.807, 2.05) is 13.0 Å². The molecule has 0 aromatic carbocycles. The van der Waals surface area contributed by atoms with Crippen molar-refractivity contribution < 1.29 is 71.4 Å².